The van der Waals surface area contributed by atoms with Gasteiger partial charge in [-0.05, 0) is 43.5 Å². The summed E-state index contributed by atoms with van der Waals surface area (Å²) in [4.78, 5) is 0. The third-order valence-electron chi connectivity index (χ3n) is 2.36. The summed E-state index contributed by atoms with van der Waals surface area (Å²) in [6.45, 7) is 4.64. The molecule has 2 nitrogen and oxygen atoms in total. The molecule has 3 N–H and O–H groups in total. The molecule has 0 saturated heterocycles. The molecule has 0 radical (unpaired) electrons. The molecule has 0 aromatic heterocycles. The van der Waals surface area contributed by atoms with Gasteiger partial charge in [0.1, 0.15) is 0 Å². The van der Waals surface area contributed by atoms with E-state index < -0.39 is 6.10 Å². The maximum absolute atomic E-state index is 9.66. The van der Waals surface area contributed by atoms with E-state index in [2.05, 4.69) is 6.92 Å². The molecular formula is C11H17NO. The maximum atomic E-state index is 9.66. The Morgan fingerprint density at radius 2 is 2.00 bits per heavy atom. The summed E-state index contributed by atoms with van der Waals surface area (Å²) in [5, 5.41) is 9.66. The molecule has 0 heterocycles. The van der Waals surface area contributed by atoms with E-state index >= 15 is 0 Å². The second-order valence-electron chi connectivity index (χ2n) is 3.44. The zero-order chi connectivity index (χ0) is 9.84. The molecule has 1 aromatic rings. The smallest absolute Gasteiger partial charge is 0.0802 e. The quantitative estimate of drug-likeness (QED) is 0.741. The SMILES string of the molecule is Cc1ccc(C(O)CCN)cc1C. The maximum Gasteiger partial charge on any atom is 0.0802 e. The molecule has 72 valence electrons. The Kier molecular flexibility index (Phi) is 3.46. The van der Waals surface area contributed by atoms with E-state index in [9.17, 15) is 5.11 Å². The van der Waals surface area contributed by atoms with Crippen molar-refractivity contribution in [3.8, 4) is 0 Å². The standard InChI is InChI=1S/C11H17NO/c1-8-3-4-10(7-9(8)2)11(13)5-6-12/h3-4,7,11,13H,5-6,12H2,1-2H3. The van der Waals surface area contributed by atoms with Gasteiger partial charge in [-0.15, -0.1) is 0 Å². The Bertz CT molecular complexity index is 283. The first-order valence-electron chi connectivity index (χ1n) is 4.60. The summed E-state index contributed by atoms with van der Waals surface area (Å²) < 4.78 is 0. The third kappa shape index (κ3) is 2.54. The number of rotatable bonds is 3. The second kappa shape index (κ2) is 4.40. The fourth-order valence-electron chi connectivity index (χ4n) is 1.30. The number of nitrogens with two attached hydrogens (primary N) is 1. The highest BCUT2D eigenvalue weighted by Crippen LogP contribution is 2.18. The van der Waals surface area contributed by atoms with Crippen LogP contribution in [0.15, 0.2) is 18.2 Å². The van der Waals surface area contributed by atoms with E-state index in [0.717, 1.165) is 5.56 Å². The molecule has 1 rings (SSSR count). The Hall–Kier alpha value is -0.860. The Morgan fingerprint density at radius 1 is 1.31 bits per heavy atom. The van der Waals surface area contributed by atoms with E-state index in [1.807, 2.05) is 25.1 Å². The molecule has 0 aliphatic carbocycles. The summed E-state index contributed by atoms with van der Waals surface area (Å²) >= 11 is 0. The minimum absolute atomic E-state index is 0.413. The number of aliphatic hydroxyl groups is 1. The van der Waals surface area contributed by atoms with Crippen LogP contribution in [-0.4, -0.2) is 11.7 Å². The average molecular weight is 179 g/mol. The average Bonchev–Trinajstić information content (AvgIpc) is 2.10. The van der Waals surface area contributed by atoms with Gasteiger partial charge in [0.15, 0.2) is 0 Å². The molecule has 0 amide bonds. The van der Waals surface area contributed by atoms with Crippen molar-refractivity contribution in [2.75, 3.05) is 6.54 Å². The van der Waals surface area contributed by atoms with Gasteiger partial charge in [-0.2, -0.15) is 0 Å². The van der Waals surface area contributed by atoms with Gasteiger partial charge in [0.05, 0.1) is 6.10 Å². The van der Waals surface area contributed by atoms with Crippen molar-refractivity contribution in [2.24, 2.45) is 5.73 Å². The fraction of sp³-hybridized carbons (Fsp3) is 0.455. The Morgan fingerprint density at radius 3 is 2.54 bits per heavy atom. The summed E-state index contributed by atoms with van der Waals surface area (Å²) in [6, 6.07) is 6.02. The van der Waals surface area contributed by atoms with Crippen LogP contribution in [0.3, 0.4) is 0 Å². The van der Waals surface area contributed by atoms with Gasteiger partial charge in [-0.25, -0.2) is 0 Å². The van der Waals surface area contributed by atoms with Crippen molar-refractivity contribution in [2.45, 2.75) is 26.4 Å². The summed E-state index contributed by atoms with van der Waals surface area (Å²) in [5.41, 5.74) is 8.81. The van der Waals surface area contributed by atoms with Crippen molar-refractivity contribution < 1.29 is 5.11 Å². The topological polar surface area (TPSA) is 46.2 Å². The minimum Gasteiger partial charge on any atom is -0.388 e. The summed E-state index contributed by atoms with van der Waals surface area (Å²) in [5.74, 6) is 0. The molecular weight excluding hydrogens is 162 g/mol. The molecule has 1 aromatic carbocycles. The van der Waals surface area contributed by atoms with Crippen molar-refractivity contribution >= 4 is 0 Å². The zero-order valence-corrected chi connectivity index (χ0v) is 8.25. The van der Waals surface area contributed by atoms with Crippen LogP contribution in [0.2, 0.25) is 0 Å². The van der Waals surface area contributed by atoms with E-state index in [-0.39, 0.29) is 0 Å². The van der Waals surface area contributed by atoms with Gasteiger partial charge in [0.2, 0.25) is 0 Å². The van der Waals surface area contributed by atoms with Crippen LogP contribution in [0.5, 0.6) is 0 Å². The van der Waals surface area contributed by atoms with E-state index in [4.69, 9.17) is 5.73 Å². The second-order valence-corrected chi connectivity index (χ2v) is 3.44. The first kappa shape index (κ1) is 10.2. The van der Waals surface area contributed by atoms with Gasteiger partial charge >= 0.3 is 0 Å². The van der Waals surface area contributed by atoms with Gasteiger partial charge in [0.25, 0.3) is 0 Å². The predicted octanol–water partition coefficient (Wildman–Crippen LogP) is 1.69. The van der Waals surface area contributed by atoms with Crippen LogP contribution in [0.4, 0.5) is 0 Å². The van der Waals surface area contributed by atoms with Crippen LogP contribution < -0.4 is 5.73 Å². The molecule has 0 bridgehead atoms. The van der Waals surface area contributed by atoms with Crippen molar-refractivity contribution in [1.82, 2.24) is 0 Å². The van der Waals surface area contributed by atoms with Gasteiger partial charge < -0.3 is 10.8 Å². The molecule has 0 saturated carbocycles. The van der Waals surface area contributed by atoms with Gasteiger partial charge in [-0.1, -0.05) is 18.2 Å². The number of hydrogen-bond donors (Lipinski definition) is 2. The molecule has 0 aliphatic heterocycles. The number of aryl methyl sites for hydroxylation is 2. The van der Waals surface area contributed by atoms with Crippen molar-refractivity contribution in [3.05, 3.63) is 34.9 Å². The van der Waals surface area contributed by atoms with Crippen LogP contribution in [0.25, 0.3) is 0 Å². The highest BCUT2D eigenvalue weighted by molar-refractivity contribution is 5.31. The lowest BCUT2D eigenvalue weighted by Crippen LogP contribution is -2.06. The third-order valence-corrected chi connectivity index (χ3v) is 2.36. The first-order valence-corrected chi connectivity index (χ1v) is 4.60. The minimum atomic E-state index is -0.413. The summed E-state index contributed by atoms with van der Waals surface area (Å²) in [6.07, 6.45) is 0.215. The van der Waals surface area contributed by atoms with Crippen LogP contribution >= 0.6 is 0 Å². The van der Waals surface area contributed by atoms with E-state index in [1.54, 1.807) is 0 Å². The Balaban J connectivity index is 2.84. The summed E-state index contributed by atoms with van der Waals surface area (Å²) in [7, 11) is 0. The molecule has 1 unspecified atom stereocenters. The van der Waals surface area contributed by atoms with Crippen LogP contribution in [-0.2, 0) is 0 Å². The predicted molar refractivity (Wildman–Crippen MR) is 54.5 cm³/mol. The molecule has 1 atom stereocenters. The van der Waals surface area contributed by atoms with E-state index in [0.29, 0.717) is 13.0 Å². The fourth-order valence-corrected chi connectivity index (χ4v) is 1.30. The molecule has 0 spiro atoms. The van der Waals surface area contributed by atoms with E-state index in [1.165, 1.54) is 11.1 Å². The number of benzene rings is 1. The monoisotopic (exact) mass is 179 g/mol. The first-order chi connectivity index (χ1) is 6.15. The molecule has 0 fully saturated rings. The van der Waals surface area contributed by atoms with Gasteiger partial charge in [-0.3, -0.25) is 0 Å². The Labute approximate surface area is 79.4 Å². The van der Waals surface area contributed by atoms with Crippen molar-refractivity contribution in [3.63, 3.8) is 0 Å². The number of hydrogen-bond acceptors (Lipinski definition) is 2. The normalized spacial score (nSPS) is 12.9. The van der Waals surface area contributed by atoms with Crippen LogP contribution in [0, 0.1) is 13.8 Å². The zero-order valence-electron chi connectivity index (χ0n) is 8.25. The van der Waals surface area contributed by atoms with Gasteiger partial charge in [0, 0.05) is 0 Å². The largest absolute Gasteiger partial charge is 0.388 e. The van der Waals surface area contributed by atoms with Crippen molar-refractivity contribution in [1.29, 1.82) is 0 Å². The lowest BCUT2D eigenvalue weighted by atomic mass is 10.0. The lowest BCUT2D eigenvalue weighted by molar-refractivity contribution is 0.170. The highest BCUT2D eigenvalue weighted by Gasteiger charge is 2.06. The lowest BCUT2D eigenvalue weighted by Gasteiger charge is -2.11. The molecule has 13 heavy (non-hydrogen) atoms. The molecule has 0 aliphatic rings. The number of aliphatic hydroxyl groups excluding tert-OH is 1. The highest BCUT2D eigenvalue weighted by atomic mass is 16.3. The van der Waals surface area contributed by atoms with Crippen LogP contribution in [0.1, 0.15) is 29.2 Å². The molecule has 2 heteroatoms.